The number of hydrogen-bond acceptors (Lipinski definition) is 6. The first-order valence-corrected chi connectivity index (χ1v) is 11.9. The second kappa shape index (κ2) is 8.60. The number of nitrogens with zero attached hydrogens (tertiary/aromatic N) is 3. The van der Waals surface area contributed by atoms with Crippen LogP contribution < -0.4 is 11.1 Å². The van der Waals surface area contributed by atoms with Gasteiger partial charge in [0.1, 0.15) is 5.82 Å². The topological polar surface area (TPSA) is 120 Å². The van der Waals surface area contributed by atoms with Crippen molar-refractivity contribution in [3.05, 3.63) is 77.1 Å². The molecule has 0 radical (unpaired) electrons. The van der Waals surface area contributed by atoms with E-state index in [1.54, 1.807) is 53.5 Å². The van der Waals surface area contributed by atoms with E-state index in [1.165, 1.54) is 6.07 Å². The number of carbonyl (C=O) groups excluding carboxylic acids is 1. The third-order valence-corrected chi connectivity index (χ3v) is 6.32. The second-order valence-electron chi connectivity index (χ2n) is 7.41. The maximum atomic E-state index is 12.5. The average molecular weight is 470 g/mol. The number of halogens is 1. The van der Waals surface area contributed by atoms with Crippen molar-refractivity contribution in [2.75, 3.05) is 17.3 Å². The van der Waals surface area contributed by atoms with Gasteiger partial charge in [0.15, 0.2) is 9.84 Å². The molecule has 164 valence electrons. The Balaban J connectivity index is 1.65. The Morgan fingerprint density at radius 1 is 1.19 bits per heavy atom. The molecule has 0 bridgehead atoms. The van der Waals surface area contributed by atoms with Crippen molar-refractivity contribution in [3.63, 3.8) is 0 Å². The van der Waals surface area contributed by atoms with Gasteiger partial charge in [0.2, 0.25) is 5.91 Å². The fraction of sp³-hybridized carbons (Fsp3) is 0.136. The Hall–Kier alpha value is -3.43. The number of aromatic nitrogens is 3. The van der Waals surface area contributed by atoms with Gasteiger partial charge in [-0.2, -0.15) is 5.10 Å². The number of sulfone groups is 1. The number of anilines is 2. The molecular formula is C22H20ClN5O3S. The summed E-state index contributed by atoms with van der Waals surface area (Å²) in [7, 11) is -3.57. The van der Waals surface area contributed by atoms with E-state index in [4.69, 9.17) is 17.3 Å². The van der Waals surface area contributed by atoms with E-state index in [2.05, 4.69) is 15.4 Å². The number of carbonyl (C=O) groups is 1. The summed E-state index contributed by atoms with van der Waals surface area (Å²) in [5, 5.41) is 8.21. The highest BCUT2D eigenvalue weighted by Gasteiger charge is 2.18. The van der Waals surface area contributed by atoms with Crippen LogP contribution in [0.2, 0.25) is 5.02 Å². The van der Waals surface area contributed by atoms with E-state index in [-0.39, 0.29) is 17.2 Å². The van der Waals surface area contributed by atoms with Crippen LogP contribution in [0.25, 0.3) is 10.9 Å². The summed E-state index contributed by atoms with van der Waals surface area (Å²) in [6, 6.07) is 13.7. The summed E-state index contributed by atoms with van der Waals surface area (Å²) < 4.78 is 26.5. The van der Waals surface area contributed by atoms with Gasteiger partial charge in [-0.15, -0.1) is 0 Å². The average Bonchev–Trinajstić information content (AvgIpc) is 3.12. The van der Waals surface area contributed by atoms with E-state index < -0.39 is 9.84 Å². The molecule has 0 saturated carbocycles. The van der Waals surface area contributed by atoms with Crippen molar-refractivity contribution >= 4 is 49.8 Å². The van der Waals surface area contributed by atoms with Crippen molar-refractivity contribution in [1.82, 2.24) is 14.8 Å². The van der Waals surface area contributed by atoms with Crippen LogP contribution >= 0.6 is 11.6 Å². The zero-order chi connectivity index (χ0) is 22.9. The molecule has 0 saturated heterocycles. The monoisotopic (exact) mass is 469 g/mol. The van der Waals surface area contributed by atoms with Gasteiger partial charge < -0.3 is 11.1 Å². The molecule has 2 aromatic heterocycles. The molecule has 4 aromatic rings. The number of pyridine rings is 1. The first-order chi connectivity index (χ1) is 15.2. The van der Waals surface area contributed by atoms with Crippen LogP contribution in [0.3, 0.4) is 0 Å². The van der Waals surface area contributed by atoms with Gasteiger partial charge in [-0.3, -0.25) is 9.48 Å². The number of benzene rings is 2. The van der Waals surface area contributed by atoms with Crippen molar-refractivity contribution in [1.29, 1.82) is 0 Å². The maximum Gasteiger partial charge on any atom is 0.228 e. The largest absolute Gasteiger partial charge is 0.384 e. The van der Waals surface area contributed by atoms with Gasteiger partial charge in [-0.25, -0.2) is 13.4 Å². The number of rotatable bonds is 6. The molecule has 2 aromatic carbocycles. The van der Waals surface area contributed by atoms with E-state index in [0.29, 0.717) is 39.5 Å². The number of fused-ring (bicyclic) bond motifs is 1. The summed E-state index contributed by atoms with van der Waals surface area (Å²) in [5.41, 5.74) is 7.95. The number of nitrogen functional groups attached to an aromatic ring is 1. The standard InChI is InChI=1S/C22H20ClN5O3S/c1-32(30,31)20-10-16(26-22(29)8-15-4-2-3-5-18(15)23)9-19-17(20)13-28(27-19)12-14-6-7-21(24)25-11-14/h2-7,9-11,13H,8,12H2,1H3,(H2,24,25)(H,26,29). The van der Waals surface area contributed by atoms with Crippen LogP contribution in [-0.2, 0) is 27.6 Å². The molecule has 0 unspecified atom stereocenters. The third kappa shape index (κ3) is 4.90. The molecule has 2 heterocycles. The zero-order valence-corrected chi connectivity index (χ0v) is 18.7. The van der Waals surface area contributed by atoms with Gasteiger partial charge in [-0.05, 0) is 35.4 Å². The van der Waals surface area contributed by atoms with Gasteiger partial charge in [-0.1, -0.05) is 35.9 Å². The summed E-state index contributed by atoms with van der Waals surface area (Å²) in [6.07, 6.45) is 4.49. The predicted molar refractivity (Wildman–Crippen MR) is 124 cm³/mol. The minimum atomic E-state index is -3.57. The summed E-state index contributed by atoms with van der Waals surface area (Å²) in [4.78, 5) is 16.7. The molecule has 0 aliphatic heterocycles. The molecule has 3 N–H and O–H groups in total. The van der Waals surface area contributed by atoms with Gasteiger partial charge in [0, 0.05) is 34.7 Å². The molecular weight excluding hydrogens is 450 g/mol. The molecule has 32 heavy (non-hydrogen) atoms. The molecule has 0 fully saturated rings. The quantitative estimate of drug-likeness (QED) is 0.447. The number of hydrogen-bond donors (Lipinski definition) is 2. The van der Waals surface area contributed by atoms with Gasteiger partial charge >= 0.3 is 0 Å². The fourth-order valence-electron chi connectivity index (χ4n) is 3.34. The fourth-order valence-corrected chi connectivity index (χ4v) is 4.44. The molecule has 1 amide bonds. The summed E-state index contributed by atoms with van der Waals surface area (Å²) in [6.45, 7) is 0.388. The maximum absolute atomic E-state index is 12.5. The second-order valence-corrected chi connectivity index (χ2v) is 9.81. The molecule has 8 nitrogen and oxygen atoms in total. The first-order valence-electron chi connectivity index (χ1n) is 9.64. The van der Waals surface area contributed by atoms with Crippen molar-refractivity contribution in [3.8, 4) is 0 Å². The van der Waals surface area contributed by atoms with Crippen LogP contribution in [0.4, 0.5) is 11.5 Å². The van der Waals surface area contributed by atoms with Crippen LogP contribution in [0.1, 0.15) is 11.1 Å². The third-order valence-electron chi connectivity index (χ3n) is 4.82. The molecule has 0 aliphatic rings. The lowest BCUT2D eigenvalue weighted by molar-refractivity contribution is -0.115. The highest BCUT2D eigenvalue weighted by Crippen LogP contribution is 2.27. The highest BCUT2D eigenvalue weighted by molar-refractivity contribution is 7.91. The predicted octanol–water partition coefficient (Wildman–Crippen LogP) is 3.30. The molecule has 0 spiro atoms. The Morgan fingerprint density at radius 2 is 1.97 bits per heavy atom. The van der Waals surface area contributed by atoms with Crippen LogP contribution in [0.5, 0.6) is 0 Å². The Labute approximate surface area is 189 Å². The van der Waals surface area contributed by atoms with E-state index in [1.807, 2.05) is 6.07 Å². The molecule has 0 atom stereocenters. The molecule has 0 aliphatic carbocycles. The number of amides is 1. The highest BCUT2D eigenvalue weighted by atomic mass is 35.5. The van der Waals surface area contributed by atoms with Crippen molar-refractivity contribution in [2.45, 2.75) is 17.9 Å². The smallest absolute Gasteiger partial charge is 0.228 e. The number of nitrogens with two attached hydrogens (primary N) is 1. The summed E-state index contributed by atoms with van der Waals surface area (Å²) in [5.74, 6) is 0.0974. The van der Waals surface area contributed by atoms with Gasteiger partial charge in [0.05, 0.1) is 23.4 Å². The minimum Gasteiger partial charge on any atom is -0.384 e. The first kappa shape index (κ1) is 21.8. The Kier molecular flexibility index (Phi) is 5.86. The van der Waals surface area contributed by atoms with Gasteiger partial charge in [0.25, 0.3) is 0 Å². The SMILES string of the molecule is CS(=O)(=O)c1cc(NC(=O)Cc2ccccc2Cl)cc2nn(Cc3ccc(N)nc3)cc12. The molecule has 10 heteroatoms. The lowest BCUT2D eigenvalue weighted by Gasteiger charge is -2.09. The van der Waals surface area contributed by atoms with Crippen molar-refractivity contribution in [2.24, 2.45) is 0 Å². The molecule has 4 rings (SSSR count). The van der Waals surface area contributed by atoms with E-state index >= 15 is 0 Å². The summed E-state index contributed by atoms with van der Waals surface area (Å²) >= 11 is 6.13. The van der Waals surface area contributed by atoms with Crippen LogP contribution in [0.15, 0.2) is 65.8 Å². The van der Waals surface area contributed by atoms with E-state index in [0.717, 1.165) is 11.8 Å². The van der Waals surface area contributed by atoms with Crippen LogP contribution in [0, 0.1) is 0 Å². The number of nitrogens with one attached hydrogen (secondary N) is 1. The Morgan fingerprint density at radius 3 is 2.66 bits per heavy atom. The zero-order valence-electron chi connectivity index (χ0n) is 17.1. The van der Waals surface area contributed by atoms with Crippen molar-refractivity contribution < 1.29 is 13.2 Å². The normalized spacial score (nSPS) is 11.6. The van der Waals surface area contributed by atoms with E-state index in [9.17, 15) is 13.2 Å². The lowest BCUT2D eigenvalue weighted by Crippen LogP contribution is -2.15. The Bertz CT molecular complexity index is 1420. The lowest BCUT2D eigenvalue weighted by atomic mass is 10.1. The van der Waals surface area contributed by atoms with Crippen LogP contribution in [-0.4, -0.2) is 35.3 Å². The minimum absolute atomic E-state index is 0.0600.